The molecule has 1 aromatic carbocycles. The molecule has 3 nitrogen and oxygen atoms in total. The maximum absolute atomic E-state index is 13.7. The van der Waals surface area contributed by atoms with Crippen molar-refractivity contribution < 1.29 is 13.2 Å². The number of pyridine rings is 1. The number of hydrogen-bond acceptors (Lipinski definition) is 4. The molecule has 0 aliphatic carbocycles. The maximum atomic E-state index is 13.7. The lowest BCUT2D eigenvalue weighted by Crippen LogP contribution is -2.34. The van der Waals surface area contributed by atoms with Crippen LogP contribution in [0.3, 0.4) is 0 Å². The van der Waals surface area contributed by atoms with Crippen LogP contribution in [-0.4, -0.2) is 22.0 Å². The van der Waals surface area contributed by atoms with Crippen LogP contribution in [0, 0.1) is 18.3 Å². The molecule has 126 valence electrons. The highest BCUT2D eigenvalue weighted by Crippen LogP contribution is 2.42. The van der Waals surface area contributed by atoms with Gasteiger partial charge in [0.25, 0.3) is 0 Å². The lowest BCUT2D eigenvalue weighted by Gasteiger charge is -2.31. The average Bonchev–Trinajstić information content (AvgIpc) is 2.53. The zero-order valence-corrected chi connectivity index (χ0v) is 14.0. The van der Waals surface area contributed by atoms with Crippen LogP contribution in [-0.2, 0) is 0 Å². The minimum Gasteiger partial charge on any atom is -0.262 e. The van der Waals surface area contributed by atoms with Crippen molar-refractivity contribution in [3.05, 3.63) is 59.4 Å². The topological polar surface area (TPSA) is 39.9 Å². The molecule has 0 amide bonds. The van der Waals surface area contributed by atoms with Gasteiger partial charge in [0.15, 0.2) is 0 Å². The maximum Gasteiger partial charge on any atom is 0.408 e. The van der Waals surface area contributed by atoms with Gasteiger partial charge in [0.2, 0.25) is 0 Å². The van der Waals surface area contributed by atoms with Crippen molar-refractivity contribution >= 4 is 11.9 Å². The van der Waals surface area contributed by atoms with Gasteiger partial charge in [-0.3, -0.25) is 4.98 Å². The third-order valence-corrected chi connectivity index (χ3v) is 4.47. The smallest absolute Gasteiger partial charge is 0.262 e. The van der Waals surface area contributed by atoms with E-state index in [-0.39, 0.29) is 12.1 Å². The van der Waals surface area contributed by atoms with Gasteiger partial charge in [0, 0.05) is 23.8 Å². The van der Waals surface area contributed by atoms with Gasteiger partial charge in [-0.2, -0.15) is 18.4 Å². The van der Waals surface area contributed by atoms with Gasteiger partial charge < -0.3 is 0 Å². The van der Waals surface area contributed by atoms with E-state index in [2.05, 4.69) is 4.98 Å². The molecule has 24 heavy (non-hydrogen) atoms. The van der Waals surface area contributed by atoms with Crippen molar-refractivity contribution in [2.75, 3.05) is 6.54 Å². The van der Waals surface area contributed by atoms with Crippen molar-refractivity contribution in [3.8, 4) is 6.07 Å². The summed E-state index contributed by atoms with van der Waals surface area (Å²) in [5, 5.41) is 8.91. The molecular weight excluding hydrogens is 335 g/mol. The molecule has 0 unspecified atom stereocenters. The van der Waals surface area contributed by atoms with Crippen molar-refractivity contribution in [1.29, 1.82) is 5.26 Å². The Morgan fingerprint density at radius 2 is 2.04 bits per heavy atom. The summed E-state index contributed by atoms with van der Waals surface area (Å²) in [5.74, 6) is 0. The first kappa shape index (κ1) is 18.3. The Morgan fingerprint density at radius 3 is 2.62 bits per heavy atom. The molecule has 0 bridgehead atoms. The van der Waals surface area contributed by atoms with Crippen molar-refractivity contribution in [3.63, 3.8) is 0 Å². The van der Waals surface area contributed by atoms with E-state index in [0.29, 0.717) is 10.5 Å². The summed E-state index contributed by atoms with van der Waals surface area (Å²) in [7, 11) is 0. The van der Waals surface area contributed by atoms with Crippen LogP contribution < -0.4 is 0 Å². The molecule has 2 rings (SSSR count). The van der Waals surface area contributed by atoms with Crippen molar-refractivity contribution in [1.82, 2.24) is 9.29 Å². The predicted molar refractivity (Wildman–Crippen MR) is 87.2 cm³/mol. The van der Waals surface area contributed by atoms with E-state index < -0.39 is 12.2 Å². The van der Waals surface area contributed by atoms with Gasteiger partial charge in [-0.1, -0.05) is 36.8 Å². The molecule has 0 radical (unpaired) electrons. The fourth-order valence-corrected chi connectivity index (χ4v) is 3.36. The number of aryl methyl sites for hydroxylation is 1. The molecular formula is C17H16F3N3S. The van der Waals surface area contributed by atoms with Crippen LogP contribution in [0.25, 0.3) is 0 Å². The standard InChI is InChI=1S/C17H16F3N3S/c1-3-23(24-15-8-13(9-21)10-22-11-15)16(17(18,19)20)14-6-4-5-12(2)7-14/h4-8,10-11,16H,3H2,1-2H3/t16-/m0/s1. The monoisotopic (exact) mass is 351 g/mol. The first-order valence-electron chi connectivity index (χ1n) is 7.28. The lowest BCUT2D eigenvalue weighted by atomic mass is 10.0. The zero-order chi connectivity index (χ0) is 17.7. The summed E-state index contributed by atoms with van der Waals surface area (Å²) in [6, 6.07) is 8.16. The summed E-state index contributed by atoms with van der Waals surface area (Å²) in [5.41, 5.74) is 1.28. The van der Waals surface area contributed by atoms with Gasteiger partial charge in [0.1, 0.15) is 12.1 Å². The Morgan fingerprint density at radius 1 is 1.29 bits per heavy atom. The summed E-state index contributed by atoms with van der Waals surface area (Å²) >= 11 is 0.954. The minimum atomic E-state index is -4.42. The van der Waals surface area contributed by atoms with Crippen LogP contribution in [0.1, 0.15) is 29.7 Å². The van der Waals surface area contributed by atoms with E-state index in [1.54, 1.807) is 32.0 Å². The third-order valence-electron chi connectivity index (χ3n) is 3.33. The van der Waals surface area contributed by atoms with Crippen molar-refractivity contribution in [2.45, 2.75) is 31.0 Å². The summed E-state index contributed by atoms with van der Waals surface area (Å²) in [6.45, 7) is 3.61. The molecule has 1 aromatic heterocycles. The normalized spacial score (nSPS) is 12.9. The van der Waals surface area contributed by atoms with E-state index in [1.807, 2.05) is 6.07 Å². The highest BCUT2D eigenvalue weighted by molar-refractivity contribution is 7.97. The summed E-state index contributed by atoms with van der Waals surface area (Å²) in [4.78, 5) is 4.40. The molecule has 7 heteroatoms. The lowest BCUT2D eigenvalue weighted by molar-refractivity contribution is -0.172. The fourth-order valence-electron chi connectivity index (χ4n) is 2.32. The summed E-state index contributed by atoms with van der Waals surface area (Å²) < 4.78 is 42.4. The third kappa shape index (κ3) is 4.49. The molecule has 0 aliphatic heterocycles. The quantitative estimate of drug-likeness (QED) is 0.719. The van der Waals surface area contributed by atoms with Gasteiger partial charge in [-0.05, 0) is 30.5 Å². The first-order valence-corrected chi connectivity index (χ1v) is 8.05. The number of nitriles is 1. The second kappa shape index (κ2) is 7.69. The van der Waals surface area contributed by atoms with Crippen LogP contribution in [0.5, 0.6) is 0 Å². The van der Waals surface area contributed by atoms with Gasteiger partial charge in [0.05, 0.1) is 5.56 Å². The number of halogens is 3. The number of alkyl halides is 3. The number of benzene rings is 1. The molecule has 0 aliphatic rings. The molecule has 0 spiro atoms. The number of aromatic nitrogens is 1. The number of hydrogen-bond donors (Lipinski definition) is 0. The van der Waals surface area contributed by atoms with Gasteiger partial charge >= 0.3 is 6.18 Å². The zero-order valence-electron chi connectivity index (χ0n) is 13.2. The molecule has 0 fully saturated rings. The Bertz CT molecular complexity index is 740. The fraction of sp³-hybridized carbons (Fsp3) is 0.294. The number of rotatable bonds is 5. The van der Waals surface area contributed by atoms with E-state index in [4.69, 9.17) is 5.26 Å². The molecule has 2 aromatic rings. The Balaban J connectivity index is 2.37. The number of nitrogens with zero attached hydrogens (tertiary/aromatic N) is 3. The minimum absolute atomic E-state index is 0.180. The van der Waals surface area contributed by atoms with Crippen LogP contribution in [0.4, 0.5) is 13.2 Å². The van der Waals surface area contributed by atoms with E-state index in [9.17, 15) is 13.2 Å². The Kier molecular flexibility index (Phi) is 5.86. The summed E-state index contributed by atoms with van der Waals surface area (Å²) in [6.07, 6.45) is -1.59. The second-order valence-corrected chi connectivity index (χ2v) is 6.33. The largest absolute Gasteiger partial charge is 0.408 e. The van der Waals surface area contributed by atoms with Gasteiger partial charge in [-0.25, -0.2) is 4.31 Å². The van der Waals surface area contributed by atoms with E-state index in [1.165, 1.54) is 28.8 Å². The molecule has 0 N–H and O–H groups in total. The first-order chi connectivity index (χ1) is 11.3. The van der Waals surface area contributed by atoms with Crippen molar-refractivity contribution in [2.24, 2.45) is 0 Å². The SMILES string of the molecule is CCN(Sc1cncc(C#N)c1)[C@@H](c1cccc(C)c1)C(F)(F)F. The second-order valence-electron chi connectivity index (χ2n) is 5.20. The molecule has 1 heterocycles. The highest BCUT2D eigenvalue weighted by atomic mass is 32.2. The average molecular weight is 351 g/mol. The Labute approximate surface area is 143 Å². The predicted octanol–water partition coefficient (Wildman–Crippen LogP) is 4.89. The molecule has 0 saturated heterocycles. The van der Waals surface area contributed by atoms with Crippen LogP contribution in [0.15, 0.2) is 47.6 Å². The van der Waals surface area contributed by atoms with Crippen LogP contribution >= 0.6 is 11.9 Å². The van der Waals surface area contributed by atoms with E-state index >= 15 is 0 Å². The highest BCUT2D eigenvalue weighted by Gasteiger charge is 2.44. The molecule has 1 atom stereocenters. The van der Waals surface area contributed by atoms with Gasteiger partial charge in [-0.15, -0.1) is 0 Å². The van der Waals surface area contributed by atoms with E-state index in [0.717, 1.165) is 17.5 Å². The molecule has 0 saturated carbocycles. The Hall–Kier alpha value is -2.04. The van der Waals surface area contributed by atoms with Crippen LogP contribution in [0.2, 0.25) is 0 Å².